The molecule has 1 saturated heterocycles. The highest BCUT2D eigenvalue weighted by atomic mass is 16.5. The Labute approximate surface area is 110 Å². The molecule has 2 heteroatoms. The van der Waals surface area contributed by atoms with Gasteiger partial charge in [0.05, 0.1) is 18.3 Å². The number of benzene rings is 1. The summed E-state index contributed by atoms with van der Waals surface area (Å²) in [6, 6.07) is 10.3. The molecule has 100 valence electrons. The van der Waals surface area contributed by atoms with Gasteiger partial charge in [0.25, 0.3) is 0 Å². The molecule has 3 atom stereocenters. The predicted molar refractivity (Wildman–Crippen MR) is 73.4 cm³/mol. The van der Waals surface area contributed by atoms with Gasteiger partial charge in [-0.2, -0.15) is 0 Å². The second-order valence-corrected chi connectivity index (χ2v) is 5.21. The van der Waals surface area contributed by atoms with Crippen LogP contribution in [0.15, 0.2) is 30.3 Å². The Morgan fingerprint density at radius 2 is 2.00 bits per heavy atom. The second kappa shape index (κ2) is 6.91. The topological polar surface area (TPSA) is 29.5 Å². The summed E-state index contributed by atoms with van der Waals surface area (Å²) in [5.74, 6) is 0. The van der Waals surface area contributed by atoms with Crippen LogP contribution >= 0.6 is 0 Å². The molecule has 1 aromatic carbocycles. The van der Waals surface area contributed by atoms with Crippen LogP contribution < -0.4 is 0 Å². The van der Waals surface area contributed by atoms with E-state index in [4.69, 9.17) is 4.74 Å². The van der Waals surface area contributed by atoms with Gasteiger partial charge in [0.2, 0.25) is 0 Å². The predicted octanol–water partition coefficient (Wildman–Crippen LogP) is 3.85. The lowest BCUT2D eigenvalue weighted by molar-refractivity contribution is -0.0385. The number of hydrogen-bond acceptors (Lipinski definition) is 2. The van der Waals surface area contributed by atoms with E-state index in [1.165, 1.54) is 18.4 Å². The number of ether oxygens (including phenoxy) is 1. The van der Waals surface area contributed by atoms with Crippen molar-refractivity contribution in [2.24, 2.45) is 0 Å². The van der Waals surface area contributed by atoms with Crippen LogP contribution in [-0.4, -0.2) is 17.3 Å². The Morgan fingerprint density at radius 1 is 1.22 bits per heavy atom. The maximum atomic E-state index is 10.1. The van der Waals surface area contributed by atoms with Crippen molar-refractivity contribution in [2.45, 2.75) is 63.8 Å². The normalized spacial score (nSPS) is 25.2. The molecule has 1 N–H and O–H groups in total. The summed E-state index contributed by atoms with van der Waals surface area (Å²) in [5.41, 5.74) is 1.24. The number of unbranched alkanes of at least 4 members (excludes halogenated alkanes) is 2. The molecule has 1 fully saturated rings. The Balaban J connectivity index is 1.81. The lowest BCUT2D eigenvalue weighted by Crippen LogP contribution is -2.25. The first-order chi connectivity index (χ1) is 8.81. The Hall–Kier alpha value is -0.860. The van der Waals surface area contributed by atoms with Gasteiger partial charge in [-0.1, -0.05) is 56.5 Å². The van der Waals surface area contributed by atoms with Crippen molar-refractivity contribution in [3.05, 3.63) is 35.9 Å². The van der Waals surface area contributed by atoms with Gasteiger partial charge in [-0.15, -0.1) is 0 Å². The minimum Gasteiger partial charge on any atom is -0.390 e. The molecular formula is C16H24O2. The van der Waals surface area contributed by atoms with E-state index in [0.717, 1.165) is 25.7 Å². The highest BCUT2D eigenvalue weighted by Crippen LogP contribution is 2.34. The van der Waals surface area contributed by atoms with Crippen molar-refractivity contribution in [3.8, 4) is 0 Å². The number of hydrogen-bond donors (Lipinski definition) is 1. The summed E-state index contributed by atoms with van der Waals surface area (Å²) in [7, 11) is 0. The Bertz CT molecular complexity index is 336. The number of aliphatic hydroxyl groups is 1. The van der Waals surface area contributed by atoms with E-state index in [1.54, 1.807) is 0 Å². The van der Waals surface area contributed by atoms with Crippen molar-refractivity contribution in [1.29, 1.82) is 0 Å². The zero-order valence-corrected chi connectivity index (χ0v) is 11.2. The van der Waals surface area contributed by atoms with E-state index in [1.807, 2.05) is 18.2 Å². The molecule has 1 aromatic rings. The van der Waals surface area contributed by atoms with Crippen molar-refractivity contribution < 1.29 is 9.84 Å². The first-order valence-corrected chi connectivity index (χ1v) is 7.19. The molecule has 0 aromatic heterocycles. The minimum atomic E-state index is -0.287. The van der Waals surface area contributed by atoms with Crippen molar-refractivity contribution in [3.63, 3.8) is 0 Å². The zero-order chi connectivity index (χ0) is 12.8. The molecule has 2 nitrogen and oxygen atoms in total. The summed E-state index contributed by atoms with van der Waals surface area (Å²) in [6.45, 7) is 2.18. The third-order valence-electron chi connectivity index (χ3n) is 3.76. The fourth-order valence-electron chi connectivity index (χ4n) is 2.65. The molecule has 0 spiro atoms. The van der Waals surface area contributed by atoms with Gasteiger partial charge < -0.3 is 9.84 Å². The summed E-state index contributed by atoms with van der Waals surface area (Å²) in [5, 5.41) is 10.1. The van der Waals surface area contributed by atoms with Gasteiger partial charge in [-0.3, -0.25) is 0 Å². The maximum absolute atomic E-state index is 10.1. The first kappa shape index (κ1) is 13.6. The number of aliphatic hydroxyl groups excluding tert-OH is 1. The lowest BCUT2D eigenvalue weighted by atomic mass is 10.0. The van der Waals surface area contributed by atoms with E-state index in [0.29, 0.717) is 0 Å². The van der Waals surface area contributed by atoms with Crippen molar-refractivity contribution in [2.75, 3.05) is 0 Å². The Morgan fingerprint density at radius 3 is 2.72 bits per heavy atom. The fourth-order valence-corrected chi connectivity index (χ4v) is 2.65. The van der Waals surface area contributed by atoms with Crippen LogP contribution in [0.5, 0.6) is 0 Å². The molecule has 0 amide bonds. The van der Waals surface area contributed by atoms with Crippen LogP contribution in [0.4, 0.5) is 0 Å². The molecule has 1 aliphatic rings. The molecule has 0 unspecified atom stereocenters. The molecule has 0 radical (unpaired) electrons. The van der Waals surface area contributed by atoms with Gasteiger partial charge >= 0.3 is 0 Å². The van der Waals surface area contributed by atoms with Gasteiger partial charge in [-0.05, 0) is 24.8 Å². The molecule has 0 aliphatic carbocycles. The van der Waals surface area contributed by atoms with Gasteiger partial charge in [0.15, 0.2) is 0 Å². The van der Waals surface area contributed by atoms with E-state index < -0.39 is 0 Å². The van der Waals surface area contributed by atoms with Crippen LogP contribution in [0, 0.1) is 0 Å². The lowest BCUT2D eigenvalue weighted by Gasteiger charge is -2.19. The van der Waals surface area contributed by atoms with Crippen LogP contribution in [0.2, 0.25) is 0 Å². The molecular weight excluding hydrogens is 224 g/mol. The maximum Gasteiger partial charge on any atom is 0.0843 e. The van der Waals surface area contributed by atoms with Crippen molar-refractivity contribution >= 4 is 0 Å². The largest absolute Gasteiger partial charge is 0.390 e. The molecule has 0 bridgehead atoms. The molecule has 1 heterocycles. The smallest absolute Gasteiger partial charge is 0.0843 e. The highest BCUT2D eigenvalue weighted by molar-refractivity contribution is 5.18. The summed E-state index contributed by atoms with van der Waals surface area (Å²) in [4.78, 5) is 0. The van der Waals surface area contributed by atoms with E-state index in [-0.39, 0.29) is 18.3 Å². The SMILES string of the molecule is CCCCC[C@H](O)[C@@H]1CC[C@H](c2ccccc2)O1. The quantitative estimate of drug-likeness (QED) is 0.775. The van der Waals surface area contributed by atoms with Gasteiger partial charge in [0, 0.05) is 0 Å². The van der Waals surface area contributed by atoms with Crippen LogP contribution in [0.1, 0.15) is 57.1 Å². The molecule has 2 rings (SSSR count). The standard InChI is InChI=1S/C16H24O2/c1-2-3-5-10-14(17)16-12-11-15(18-16)13-8-6-4-7-9-13/h4,6-9,14-17H,2-3,5,10-12H2,1H3/t14-,15+,16-/m0/s1. The minimum absolute atomic E-state index is 0.0343. The van der Waals surface area contributed by atoms with Crippen LogP contribution in [0.25, 0.3) is 0 Å². The molecule has 1 aliphatic heterocycles. The average molecular weight is 248 g/mol. The van der Waals surface area contributed by atoms with Crippen molar-refractivity contribution in [1.82, 2.24) is 0 Å². The van der Waals surface area contributed by atoms with Gasteiger partial charge in [-0.25, -0.2) is 0 Å². The van der Waals surface area contributed by atoms with E-state index in [9.17, 15) is 5.11 Å². The average Bonchev–Trinajstić information content (AvgIpc) is 2.89. The van der Waals surface area contributed by atoms with Crippen LogP contribution in [-0.2, 0) is 4.74 Å². The summed E-state index contributed by atoms with van der Waals surface area (Å²) < 4.78 is 5.99. The summed E-state index contributed by atoms with van der Waals surface area (Å²) >= 11 is 0. The third kappa shape index (κ3) is 3.56. The Kier molecular flexibility index (Phi) is 5.21. The van der Waals surface area contributed by atoms with Gasteiger partial charge in [0.1, 0.15) is 0 Å². The second-order valence-electron chi connectivity index (χ2n) is 5.21. The monoisotopic (exact) mass is 248 g/mol. The van der Waals surface area contributed by atoms with Crippen LogP contribution in [0.3, 0.4) is 0 Å². The van der Waals surface area contributed by atoms with E-state index in [2.05, 4.69) is 19.1 Å². The summed E-state index contributed by atoms with van der Waals surface area (Å²) in [6.07, 6.45) is 6.31. The molecule has 18 heavy (non-hydrogen) atoms. The van der Waals surface area contributed by atoms with E-state index >= 15 is 0 Å². The molecule has 0 saturated carbocycles. The zero-order valence-electron chi connectivity index (χ0n) is 11.2. The third-order valence-corrected chi connectivity index (χ3v) is 3.76. The highest BCUT2D eigenvalue weighted by Gasteiger charge is 2.30. The first-order valence-electron chi connectivity index (χ1n) is 7.19. The fraction of sp³-hybridized carbons (Fsp3) is 0.625. The number of rotatable bonds is 6.